The molecule has 1 N–H and O–H groups in total. The number of nitrogens with zero attached hydrogens (tertiary/aromatic N) is 1. The number of thioether (sulfide) groups is 1. The van der Waals surface area contributed by atoms with E-state index < -0.39 is 6.04 Å². The van der Waals surface area contributed by atoms with Crippen molar-refractivity contribution in [3.05, 3.63) is 41.2 Å². The molecule has 0 aliphatic carbocycles. The van der Waals surface area contributed by atoms with Crippen LogP contribution in [0.5, 0.6) is 0 Å². The Bertz CT molecular complexity index is 595. The molecule has 0 spiro atoms. The third-order valence-electron chi connectivity index (χ3n) is 3.65. The predicted octanol–water partition coefficient (Wildman–Crippen LogP) is 2.31. The fraction of sp³-hybridized carbons (Fsp3) is 0.412. The van der Waals surface area contributed by atoms with E-state index in [2.05, 4.69) is 5.32 Å². The molecule has 1 saturated heterocycles. The Kier molecular flexibility index (Phi) is 6.21. The summed E-state index contributed by atoms with van der Waals surface area (Å²) in [5.41, 5.74) is 1.22. The van der Waals surface area contributed by atoms with Crippen LogP contribution in [0, 0.1) is 5.82 Å². The van der Waals surface area contributed by atoms with Gasteiger partial charge in [-0.15, -0.1) is 0 Å². The Morgan fingerprint density at radius 1 is 1.26 bits per heavy atom. The number of hydrogen-bond donors (Lipinski definition) is 1. The highest BCUT2D eigenvalue weighted by atomic mass is 32.2. The van der Waals surface area contributed by atoms with Crippen LogP contribution in [-0.2, 0) is 9.59 Å². The topological polar surface area (TPSA) is 49.4 Å². The Hall–Kier alpha value is -1.82. The minimum Gasteiger partial charge on any atom is -0.341 e. The number of benzene rings is 1. The molecule has 1 aliphatic rings. The first kappa shape index (κ1) is 17.5. The van der Waals surface area contributed by atoms with Gasteiger partial charge in [0.05, 0.1) is 0 Å². The molecule has 2 amide bonds. The zero-order valence-corrected chi connectivity index (χ0v) is 14.2. The van der Waals surface area contributed by atoms with E-state index in [9.17, 15) is 14.0 Å². The molecule has 0 saturated carbocycles. The summed E-state index contributed by atoms with van der Waals surface area (Å²) in [6, 6.07) is 5.34. The van der Waals surface area contributed by atoms with Crippen LogP contribution in [0.1, 0.15) is 19.4 Å². The number of nitrogens with one attached hydrogen (secondary N) is 1. The van der Waals surface area contributed by atoms with Crippen molar-refractivity contribution in [3.63, 3.8) is 0 Å². The summed E-state index contributed by atoms with van der Waals surface area (Å²) < 4.78 is 12.9. The number of carbonyl (C=O) groups is 2. The smallest absolute Gasteiger partial charge is 0.247 e. The second-order valence-corrected chi connectivity index (χ2v) is 6.74. The predicted molar refractivity (Wildman–Crippen MR) is 91.6 cm³/mol. The van der Waals surface area contributed by atoms with E-state index in [1.54, 1.807) is 37.0 Å². The lowest BCUT2D eigenvalue weighted by Crippen LogP contribution is -2.49. The van der Waals surface area contributed by atoms with Crippen molar-refractivity contribution in [1.82, 2.24) is 10.2 Å². The minimum absolute atomic E-state index is 0.0479. The van der Waals surface area contributed by atoms with Gasteiger partial charge in [0, 0.05) is 30.2 Å². The Labute approximate surface area is 140 Å². The zero-order chi connectivity index (χ0) is 16.8. The SMILES string of the molecule is C/C(=C\c1ccc(F)cc1)C(=O)NC(C)C(=O)N1CCSCC1. The molecule has 4 nitrogen and oxygen atoms in total. The molecule has 0 aromatic heterocycles. The van der Waals surface area contributed by atoms with E-state index >= 15 is 0 Å². The molecule has 124 valence electrons. The first-order valence-electron chi connectivity index (χ1n) is 7.58. The summed E-state index contributed by atoms with van der Waals surface area (Å²) in [7, 11) is 0. The number of hydrogen-bond acceptors (Lipinski definition) is 3. The van der Waals surface area contributed by atoms with Crippen LogP contribution < -0.4 is 5.32 Å². The minimum atomic E-state index is -0.554. The van der Waals surface area contributed by atoms with E-state index in [4.69, 9.17) is 0 Å². The van der Waals surface area contributed by atoms with Crippen molar-refractivity contribution in [3.8, 4) is 0 Å². The third-order valence-corrected chi connectivity index (χ3v) is 4.59. The summed E-state index contributed by atoms with van der Waals surface area (Å²) in [6.07, 6.45) is 1.67. The van der Waals surface area contributed by atoms with Crippen molar-refractivity contribution >= 4 is 29.7 Å². The average molecular weight is 336 g/mol. The first-order valence-corrected chi connectivity index (χ1v) is 8.74. The van der Waals surface area contributed by atoms with E-state index in [1.165, 1.54) is 12.1 Å². The van der Waals surface area contributed by atoms with Crippen molar-refractivity contribution in [2.75, 3.05) is 24.6 Å². The molecular weight excluding hydrogens is 315 g/mol. The Balaban J connectivity index is 1.94. The Morgan fingerprint density at radius 2 is 1.87 bits per heavy atom. The number of halogens is 1. The second-order valence-electron chi connectivity index (χ2n) is 5.51. The van der Waals surface area contributed by atoms with Crippen molar-refractivity contribution in [1.29, 1.82) is 0 Å². The van der Waals surface area contributed by atoms with Crippen molar-refractivity contribution in [2.45, 2.75) is 19.9 Å². The van der Waals surface area contributed by atoms with Crippen LogP contribution in [0.2, 0.25) is 0 Å². The van der Waals surface area contributed by atoms with Gasteiger partial charge in [-0.2, -0.15) is 11.8 Å². The van der Waals surface area contributed by atoms with Gasteiger partial charge in [-0.05, 0) is 37.6 Å². The molecule has 1 fully saturated rings. The molecule has 0 bridgehead atoms. The van der Waals surface area contributed by atoms with Crippen LogP contribution >= 0.6 is 11.8 Å². The highest BCUT2D eigenvalue weighted by molar-refractivity contribution is 7.99. The maximum absolute atomic E-state index is 12.9. The highest BCUT2D eigenvalue weighted by Crippen LogP contribution is 2.11. The van der Waals surface area contributed by atoms with E-state index in [0.717, 1.165) is 30.2 Å². The maximum atomic E-state index is 12.9. The molecule has 2 rings (SSSR count). The number of amides is 2. The lowest BCUT2D eigenvalue weighted by Gasteiger charge is -2.29. The summed E-state index contributed by atoms with van der Waals surface area (Å²) in [5.74, 6) is 1.23. The van der Waals surface area contributed by atoms with Crippen molar-refractivity contribution < 1.29 is 14.0 Å². The molecule has 1 unspecified atom stereocenters. The van der Waals surface area contributed by atoms with Gasteiger partial charge in [0.25, 0.3) is 0 Å². The van der Waals surface area contributed by atoms with Gasteiger partial charge in [-0.1, -0.05) is 12.1 Å². The van der Waals surface area contributed by atoms with Crippen LogP contribution in [0.4, 0.5) is 4.39 Å². The Morgan fingerprint density at radius 3 is 2.48 bits per heavy atom. The monoisotopic (exact) mass is 336 g/mol. The summed E-state index contributed by atoms with van der Waals surface area (Å²) in [6.45, 7) is 4.84. The zero-order valence-electron chi connectivity index (χ0n) is 13.3. The van der Waals surface area contributed by atoms with E-state index in [0.29, 0.717) is 5.57 Å². The van der Waals surface area contributed by atoms with Crippen LogP contribution in [-0.4, -0.2) is 47.4 Å². The quantitative estimate of drug-likeness (QED) is 0.859. The van der Waals surface area contributed by atoms with Gasteiger partial charge in [-0.25, -0.2) is 4.39 Å². The number of rotatable bonds is 4. The van der Waals surface area contributed by atoms with Crippen LogP contribution in [0.15, 0.2) is 29.8 Å². The first-order chi connectivity index (χ1) is 11.0. The normalized spacial score (nSPS) is 16.8. The fourth-order valence-electron chi connectivity index (χ4n) is 2.30. The van der Waals surface area contributed by atoms with Gasteiger partial charge in [0.2, 0.25) is 11.8 Å². The molecule has 1 aliphatic heterocycles. The third kappa shape index (κ3) is 5.10. The van der Waals surface area contributed by atoms with E-state index in [-0.39, 0.29) is 17.6 Å². The number of carbonyl (C=O) groups excluding carboxylic acids is 2. The molecule has 1 atom stereocenters. The molecule has 23 heavy (non-hydrogen) atoms. The van der Waals surface area contributed by atoms with Crippen molar-refractivity contribution in [2.24, 2.45) is 0 Å². The molecule has 0 radical (unpaired) electrons. The standard InChI is InChI=1S/C17H21FN2O2S/c1-12(11-14-3-5-15(18)6-4-14)16(21)19-13(2)17(22)20-7-9-23-10-8-20/h3-6,11,13H,7-10H2,1-2H3,(H,19,21)/b12-11+. The van der Waals surface area contributed by atoms with Gasteiger partial charge in [0.15, 0.2) is 0 Å². The lowest BCUT2D eigenvalue weighted by atomic mass is 10.1. The summed E-state index contributed by atoms with van der Waals surface area (Å²) in [5, 5.41) is 2.73. The van der Waals surface area contributed by atoms with E-state index in [1.807, 2.05) is 11.8 Å². The van der Waals surface area contributed by atoms with Gasteiger partial charge in [0.1, 0.15) is 11.9 Å². The molecular formula is C17H21FN2O2S. The second kappa shape index (κ2) is 8.15. The molecule has 1 aromatic rings. The summed E-state index contributed by atoms with van der Waals surface area (Å²) >= 11 is 1.83. The highest BCUT2D eigenvalue weighted by Gasteiger charge is 2.23. The van der Waals surface area contributed by atoms with Gasteiger partial charge >= 0.3 is 0 Å². The molecule has 6 heteroatoms. The largest absolute Gasteiger partial charge is 0.341 e. The summed E-state index contributed by atoms with van der Waals surface area (Å²) in [4.78, 5) is 26.3. The molecule has 1 aromatic carbocycles. The van der Waals surface area contributed by atoms with Crippen LogP contribution in [0.25, 0.3) is 6.08 Å². The molecule has 1 heterocycles. The van der Waals surface area contributed by atoms with Gasteiger partial charge in [-0.3, -0.25) is 9.59 Å². The fourth-order valence-corrected chi connectivity index (χ4v) is 3.21. The maximum Gasteiger partial charge on any atom is 0.247 e. The van der Waals surface area contributed by atoms with Crippen LogP contribution in [0.3, 0.4) is 0 Å². The lowest BCUT2D eigenvalue weighted by molar-refractivity contribution is -0.134. The average Bonchev–Trinajstić information content (AvgIpc) is 2.56. The van der Waals surface area contributed by atoms with Gasteiger partial charge < -0.3 is 10.2 Å².